The fourth-order valence-corrected chi connectivity index (χ4v) is 5.52. The van der Waals surface area contributed by atoms with Crippen LogP contribution < -0.4 is 0 Å². The first-order valence-corrected chi connectivity index (χ1v) is 9.82. The lowest BCUT2D eigenvalue weighted by Crippen LogP contribution is -2.60. The molecule has 0 aliphatic carbocycles. The van der Waals surface area contributed by atoms with Gasteiger partial charge in [-0.25, -0.2) is 8.78 Å². The number of carbonyl (C=O) groups excluding carboxylic acids is 1. The van der Waals surface area contributed by atoms with Crippen molar-refractivity contribution in [3.63, 3.8) is 0 Å². The molecule has 4 nitrogen and oxygen atoms in total. The highest BCUT2D eigenvalue weighted by atomic mass is 19.1. The van der Waals surface area contributed by atoms with Gasteiger partial charge in [0.2, 0.25) is 0 Å². The molecule has 4 aliphatic heterocycles. The molecule has 0 aromatic heterocycles. The van der Waals surface area contributed by atoms with Crippen LogP contribution in [0.5, 0.6) is 5.75 Å². The molecule has 0 spiro atoms. The summed E-state index contributed by atoms with van der Waals surface area (Å²) in [4.78, 5) is 17.4. The summed E-state index contributed by atoms with van der Waals surface area (Å²) < 4.78 is 28.0. The number of fused-ring (bicyclic) bond motifs is 2. The molecule has 0 radical (unpaired) electrons. The standard InChI is InChI=1S/C22H22F2N2O2/c23-15-4-5-19(24)17(11-15)22(28)26-12-18(14-2-1-3-16(27)10-14)21-20(26)13-6-8-25(21)9-7-13/h1-5,10-11,13,18,20-21,27H,6-9,12H2/t18-,20+,21+/m0/s1. The van der Waals surface area contributed by atoms with E-state index in [0.717, 1.165) is 49.7 Å². The molecule has 4 heterocycles. The summed E-state index contributed by atoms with van der Waals surface area (Å²) in [6, 6.07) is 10.3. The number of nitrogens with zero attached hydrogens (tertiary/aromatic N) is 2. The van der Waals surface area contributed by atoms with Gasteiger partial charge in [-0.1, -0.05) is 12.1 Å². The van der Waals surface area contributed by atoms with Crippen molar-refractivity contribution in [2.45, 2.75) is 30.8 Å². The van der Waals surface area contributed by atoms with Crippen LogP contribution in [0.1, 0.15) is 34.7 Å². The van der Waals surface area contributed by atoms with Crippen molar-refractivity contribution in [3.8, 4) is 5.75 Å². The average molecular weight is 384 g/mol. The van der Waals surface area contributed by atoms with Gasteiger partial charge >= 0.3 is 0 Å². The minimum absolute atomic E-state index is 0.00924. The minimum Gasteiger partial charge on any atom is -0.508 e. The van der Waals surface area contributed by atoms with E-state index in [1.807, 2.05) is 12.1 Å². The van der Waals surface area contributed by atoms with Crippen LogP contribution in [0.2, 0.25) is 0 Å². The molecule has 2 aromatic carbocycles. The van der Waals surface area contributed by atoms with Crippen LogP contribution in [0.15, 0.2) is 42.5 Å². The van der Waals surface area contributed by atoms with Gasteiger partial charge in [0.1, 0.15) is 17.4 Å². The number of aromatic hydroxyl groups is 1. The average Bonchev–Trinajstić information content (AvgIpc) is 3.13. The maximum atomic E-state index is 14.3. The van der Waals surface area contributed by atoms with Crippen molar-refractivity contribution in [1.29, 1.82) is 0 Å². The smallest absolute Gasteiger partial charge is 0.257 e. The van der Waals surface area contributed by atoms with Crippen molar-refractivity contribution in [2.24, 2.45) is 5.92 Å². The van der Waals surface area contributed by atoms with Crippen LogP contribution >= 0.6 is 0 Å². The van der Waals surface area contributed by atoms with Gasteiger partial charge in [-0.2, -0.15) is 0 Å². The van der Waals surface area contributed by atoms with Gasteiger partial charge in [0.25, 0.3) is 5.91 Å². The van der Waals surface area contributed by atoms with Crippen LogP contribution in [-0.4, -0.2) is 52.5 Å². The molecule has 2 bridgehead atoms. The van der Waals surface area contributed by atoms with E-state index in [1.165, 1.54) is 0 Å². The van der Waals surface area contributed by atoms with Crippen LogP contribution in [0.25, 0.3) is 0 Å². The highest BCUT2D eigenvalue weighted by Gasteiger charge is 2.54. The molecule has 0 saturated carbocycles. The second-order valence-corrected chi connectivity index (χ2v) is 8.14. The number of halogens is 2. The van der Waals surface area contributed by atoms with Gasteiger partial charge in [-0.3, -0.25) is 9.69 Å². The molecule has 3 atom stereocenters. The van der Waals surface area contributed by atoms with Gasteiger partial charge in [-0.15, -0.1) is 0 Å². The molecular weight excluding hydrogens is 362 g/mol. The molecule has 4 saturated heterocycles. The SMILES string of the molecule is O=C(c1cc(F)ccc1F)N1C[C@@H](c2cccc(O)c2)[C@@H]2[C@H]1C1CCN2CC1. The molecule has 2 aromatic rings. The van der Waals surface area contributed by atoms with Crippen LogP contribution in [0.4, 0.5) is 8.78 Å². The third kappa shape index (κ3) is 2.70. The number of benzene rings is 2. The Morgan fingerprint density at radius 3 is 2.57 bits per heavy atom. The van der Waals surface area contributed by atoms with Crippen LogP contribution in [0, 0.1) is 17.6 Å². The molecule has 1 amide bonds. The molecule has 146 valence electrons. The van der Waals surface area contributed by atoms with Crippen molar-refractivity contribution in [3.05, 3.63) is 65.2 Å². The maximum absolute atomic E-state index is 14.3. The predicted octanol–water partition coefficient (Wildman–Crippen LogP) is 3.37. The number of hydrogen-bond donors (Lipinski definition) is 1. The Bertz CT molecular complexity index is 927. The Morgan fingerprint density at radius 2 is 1.82 bits per heavy atom. The van der Waals surface area contributed by atoms with E-state index in [1.54, 1.807) is 17.0 Å². The van der Waals surface area contributed by atoms with Gasteiger partial charge < -0.3 is 10.0 Å². The zero-order chi connectivity index (χ0) is 19.4. The monoisotopic (exact) mass is 384 g/mol. The molecule has 6 rings (SSSR count). The number of hydrogen-bond acceptors (Lipinski definition) is 3. The fraction of sp³-hybridized carbons (Fsp3) is 0.409. The molecule has 6 heteroatoms. The highest BCUT2D eigenvalue weighted by molar-refractivity contribution is 5.95. The second-order valence-electron chi connectivity index (χ2n) is 8.14. The molecule has 4 aliphatic rings. The maximum Gasteiger partial charge on any atom is 0.257 e. The fourth-order valence-electron chi connectivity index (χ4n) is 5.52. The van der Waals surface area contributed by atoms with Gasteiger partial charge in [0, 0.05) is 18.5 Å². The third-order valence-corrected chi connectivity index (χ3v) is 6.71. The van der Waals surface area contributed by atoms with E-state index in [-0.39, 0.29) is 29.3 Å². The van der Waals surface area contributed by atoms with E-state index < -0.39 is 17.5 Å². The van der Waals surface area contributed by atoms with Crippen molar-refractivity contribution in [1.82, 2.24) is 9.80 Å². The largest absolute Gasteiger partial charge is 0.508 e. The number of carbonyl (C=O) groups is 1. The Labute approximate surface area is 162 Å². The first-order valence-electron chi connectivity index (χ1n) is 9.82. The van der Waals surface area contributed by atoms with Crippen molar-refractivity contribution in [2.75, 3.05) is 19.6 Å². The number of phenolic OH excluding ortho intramolecular Hbond substituents is 1. The quantitative estimate of drug-likeness (QED) is 0.863. The summed E-state index contributed by atoms with van der Waals surface area (Å²) >= 11 is 0. The summed E-state index contributed by atoms with van der Waals surface area (Å²) in [5.41, 5.74) is 0.782. The van der Waals surface area contributed by atoms with Crippen LogP contribution in [-0.2, 0) is 0 Å². The van der Waals surface area contributed by atoms with E-state index in [2.05, 4.69) is 4.90 Å². The summed E-state index contributed by atoms with van der Waals surface area (Å²) in [6.45, 7) is 2.44. The molecule has 28 heavy (non-hydrogen) atoms. The predicted molar refractivity (Wildman–Crippen MR) is 100 cm³/mol. The van der Waals surface area contributed by atoms with E-state index in [0.29, 0.717) is 12.5 Å². The van der Waals surface area contributed by atoms with E-state index in [9.17, 15) is 18.7 Å². The Kier molecular flexibility index (Phi) is 4.12. The van der Waals surface area contributed by atoms with Crippen molar-refractivity contribution < 1.29 is 18.7 Å². The summed E-state index contributed by atoms with van der Waals surface area (Å²) in [7, 11) is 0. The number of rotatable bonds is 2. The van der Waals surface area contributed by atoms with E-state index >= 15 is 0 Å². The Morgan fingerprint density at radius 1 is 1.04 bits per heavy atom. The lowest BCUT2D eigenvalue weighted by molar-refractivity contribution is -0.00356. The normalized spacial score (nSPS) is 31.1. The minimum atomic E-state index is -0.690. The number of piperidine rings is 3. The van der Waals surface area contributed by atoms with Crippen LogP contribution in [0.3, 0.4) is 0 Å². The Hall–Kier alpha value is -2.47. The Balaban J connectivity index is 1.55. The van der Waals surface area contributed by atoms with Gasteiger partial charge in [0.05, 0.1) is 11.6 Å². The summed E-state index contributed by atoms with van der Waals surface area (Å²) in [5.74, 6) is -1.13. The van der Waals surface area contributed by atoms with Crippen molar-refractivity contribution >= 4 is 5.91 Å². The summed E-state index contributed by atoms with van der Waals surface area (Å²) in [6.07, 6.45) is 2.03. The molecule has 1 N–H and O–H groups in total. The highest BCUT2D eigenvalue weighted by Crippen LogP contribution is 2.47. The molecule has 4 fully saturated rings. The lowest BCUT2D eigenvalue weighted by atomic mass is 9.75. The third-order valence-electron chi connectivity index (χ3n) is 6.71. The number of phenols is 1. The zero-order valence-electron chi connectivity index (χ0n) is 15.4. The molecule has 0 unspecified atom stereocenters. The van der Waals surface area contributed by atoms with Gasteiger partial charge in [-0.05, 0) is 67.7 Å². The number of amides is 1. The second kappa shape index (κ2) is 6.55. The summed E-state index contributed by atoms with van der Waals surface area (Å²) in [5, 5.41) is 9.94. The number of likely N-dealkylation sites (tertiary alicyclic amines) is 1. The van der Waals surface area contributed by atoms with E-state index in [4.69, 9.17) is 0 Å². The topological polar surface area (TPSA) is 43.8 Å². The lowest BCUT2D eigenvalue weighted by Gasteiger charge is -2.51. The first kappa shape index (κ1) is 17.6. The van der Waals surface area contributed by atoms with Gasteiger partial charge in [0.15, 0.2) is 0 Å². The first-order chi connectivity index (χ1) is 13.5. The molecular formula is C22H22F2N2O2. The zero-order valence-corrected chi connectivity index (χ0v) is 15.4.